The topological polar surface area (TPSA) is 75.9 Å². The molecule has 0 saturated carbocycles. The van der Waals surface area contributed by atoms with Crippen LogP contribution in [0.1, 0.15) is 5.76 Å². The SMILES string of the molecule is N=C(N)Cc1ccno1. The molecule has 1 aromatic rings. The van der Waals surface area contributed by atoms with Gasteiger partial charge in [-0.1, -0.05) is 5.16 Å². The zero-order valence-corrected chi connectivity index (χ0v) is 4.79. The average molecular weight is 125 g/mol. The Hall–Kier alpha value is -1.32. The minimum absolute atomic E-state index is 0.0896. The highest BCUT2D eigenvalue weighted by atomic mass is 16.5. The third-order valence-electron chi connectivity index (χ3n) is 0.856. The van der Waals surface area contributed by atoms with Crippen LogP contribution in [-0.2, 0) is 6.42 Å². The Morgan fingerprint density at radius 3 is 3.11 bits per heavy atom. The molecule has 48 valence electrons. The minimum Gasteiger partial charge on any atom is -0.387 e. The molecule has 3 N–H and O–H groups in total. The smallest absolute Gasteiger partial charge is 0.144 e. The number of aromatic nitrogens is 1. The van der Waals surface area contributed by atoms with Gasteiger partial charge in [-0.15, -0.1) is 0 Å². The first kappa shape index (κ1) is 5.81. The summed E-state index contributed by atoms with van der Waals surface area (Å²) < 4.78 is 4.67. The zero-order chi connectivity index (χ0) is 6.69. The van der Waals surface area contributed by atoms with Gasteiger partial charge in [-0.05, 0) is 0 Å². The maximum Gasteiger partial charge on any atom is 0.144 e. The molecule has 0 atom stereocenters. The van der Waals surface area contributed by atoms with E-state index in [0.717, 1.165) is 0 Å². The number of amidine groups is 1. The molecule has 0 aliphatic rings. The van der Waals surface area contributed by atoms with E-state index in [-0.39, 0.29) is 5.84 Å². The van der Waals surface area contributed by atoms with Crippen LogP contribution < -0.4 is 5.73 Å². The molecule has 4 nitrogen and oxygen atoms in total. The minimum atomic E-state index is 0.0896. The highest BCUT2D eigenvalue weighted by molar-refractivity contribution is 5.78. The number of nitrogens with two attached hydrogens (primary N) is 1. The fourth-order valence-corrected chi connectivity index (χ4v) is 0.521. The van der Waals surface area contributed by atoms with Crippen LogP contribution in [0.25, 0.3) is 0 Å². The third kappa shape index (κ3) is 1.56. The molecule has 9 heavy (non-hydrogen) atoms. The second kappa shape index (κ2) is 2.30. The number of hydrogen-bond donors (Lipinski definition) is 2. The van der Waals surface area contributed by atoms with Crippen LogP contribution in [0.5, 0.6) is 0 Å². The van der Waals surface area contributed by atoms with E-state index in [1.54, 1.807) is 6.07 Å². The van der Waals surface area contributed by atoms with Crippen molar-refractivity contribution in [1.29, 1.82) is 5.41 Å². The van der Waals surface area contributed by atoms with Gasteiger partial charge in [-0.25, -0.2) is 0 Å². The summed E-state index contributed by atoms with van der Waals surface area (Å²) in [6.45, 7) is 0. The van der Waals surface area contributed by atoms with Crippen molar-refractivity contribution in [3.8, 4) is 0 Å². The third-order valence-corrected chi connectivity index (χ3v) is 0.856. The number of rotatable bonds is 2. The van der Waals surface area contributed by atoms with Gasteiger partial charge in [-0.2, -0.15) is 0 Å². The molecular formula is C5H7N3O. The molecular weight excluding hydrogens is 118 g/mol. The fraction of sp³-hybridized carbons (Fsp3) is 0.200. The van der Waals surface area contributed by atoms with Gasteiger partial charge in [0.1, 0.15) is 5.76 Å². The summed E-state index contributed by atoms with van der Waals surface area (Å²) in [4.78, 5) is 0. The van der Waals surface area contributed by atoms with Crippen LogP contribution in [0, 0.1) is 5.41 Å². The molecule has 0 spiro atoms. The van der Waals surface area contributed by atoms with Crippen LogP contribution in [0.4, 0.5) is 0 Å². The van der Waals surface area contributed by atoms with Gasteiger partial charge in [0.25, 0.3) is 0 Å². The summed E-state index contributed by atoms with van der Waals surface area (Å²) in [7, 11) is 0. The summed E-state index contributed by atoms with van der Waals surface area (Å²) in [5, 5.41) is 10.3. The Morgan fingerprint density at radius 1 is 1.89 bits per heavy atom. The molecule has 0 radical (unpaired) electrons. The van der Waals surface area contributed by atoms with Gasteiger partial charge in [0, 0.05) is 6.07 Å². The van der Waals surface area contributed by atoms with Crippen molar-refractivity contribution in [2.45, 2.75) is 6.42 Å². The molecule has 0 fully saturated rings. The number of nitrogens with one attached hydrogen (secondary N) is 1. The maximum atomic E-state index is 6.86. The lowest BCUT2D eigenvalue weighted by Gasteiger charge is -1.88. The predicted octanol–water partition coefficient (Wildman–Crippen LogP) is 0.153. The van der Waals surface area contributed by atoms with Gasteiger partial charge >= 0.3 is 0 Å². The lowest BCUT2D eigenvalue weighted by molar-refractivity contribution is 0.392. The van der Waals surface area contributed by atoms with Crippen molar-refractivity contribution in [3.05, 3.63) is 18.0 Å². The van der Waals surface area contributed by atoms with E-state index in [0.29, 0.717) is 12.2 Å². The van der Waals surface area contributed by atoms with Gasteiger partial charge < -0.3 is 10.3 Å². The molecule has 1 rings (SSSR count). The predicted molar refractivity (Wildman–Crippen MR) is 32.1 cm³/mol. The highest BCUT2D eigenvalue weighted by Crippen LogP contribution is 1.95. The Morgan fingerprint density at radius 2 is 2.67 bits per heavy atom. The van der Waals surface area contributed by atoms with Crippen LogP contribution in [0.15, 0.2) is 16.8 Å². The first-order chi connectivity index (χ1) is 4.29. The fourth-order valence-electron chi connectivity index (χ4n) is 0.521. The van der Waals surface area contributed by atoms with E-state index in [1.165, 1.54) is 6.20 Å². The van der Waals surface area contributed by atoms with E-state index < -0.39 is 0 Å². The first-order valence-electron chi connectivity index (χ1n) is 2.51. The Balaban J connectivity index is 2.58. The van der Waals surface area contributed by atoms with Gasteiger partial charge in [0.15, 0.2) is 0 Å². The molecule has 4 heteroatoms. The van der Waals surface area contributed by atoms with Crippen molar-refractivity contribution in [2.75, 3.05) is 0 Å². The van der Waals surface area contributed by atoms with Gasteiger partial charge in [-0.3, -0.25) is 5.41 Å². The highest BCUT2D eigenvalue weighted by Gasteiger charge is 1.96. The van der Waals surface area contributed by atoms with Gasteiger partial charge in [0.05, 0.1) is 18.5 Å². The first-order valence-corrected chi connectivity index (χ1v) is 2.51. The second-order valence-corrected chi connectivity index (χ2v) is 1.68. The monoisotopic (exact) mass is 125 g/mol. The van der Waals surface area contributed by atoms with E-state index in [4.69, 9.17) is 11.1 Å². The Kier molecular flexibility index (Phi) is 1.48. The second-order valence-electron chi connectivity index (χ2n) is 1.68. The summed E-state index contributed by atoms with van der Waals surface area (Å²) in [5.41, 5.74) is 5.08. The van der Waals surface area contributed by atoms with Crippen LogP contribution in [0.2, 0.25) is 0 Å². The maximum absolute atomic E-state index is 6.86. The molecule has 0 unspecified atom stereocenters. The van der Waals surface area contributed by atoms with E-state index in [2.05, 4.69) is 9.68 Å². The molecule has 1 aromatic heterocycles. The number of nitrogens with zero attached hydrogens (tertiary/aromatic N) is 1. The standard InChI is InChI=1S/C5H7N3O/c6-5(7)3-4-1-2-8-9-4/h1-2H,3H2,(H3,6,7). The van der Waals surface area contributed by atoms with Crippen molar-refractivity contribution in [2.24, 2.45) is 5.73 Å². The Bertz CT molecular complexity index is 192. The molecule has 0 amide bonds. The molecule has 0 aliphatic carbocycles. The summed E-state index contributed by atoms with van der Waals surface area (Å²) in [5.74, 6) is 0.717. The summed E-state index contributed by atoms with van der Waals surface area (Å²) in [6.07, 6.45) is 1.87. The van der Waals surface area contributed by atoms with Crippen molar-refractivity contribution >= 4 is 5.84 Å². The van der Waals surface area contributed by atoms with Crippen molar-refractivity contribution < 1.29 is 4.52 Å². The van der Waals surface area contributed by atoms with Crippen LogP contribution in [-0.4, -0.2) is 11.0 Å². The van der Waals surface area contributed by atoms with Gasteiger partial charge in [0.2, 0.25) is 0 Å². The van der Waals surface area contributed by atoms with E-state index in [1.807, 2.05) is 0 Å². The normalized spacial score (nSPS) is 9.33. The molecule has 0 aliphatic heterocycles. The largest absolute Gasteiger partial charge is 0.387 e. The lowest BCUT2D eigenvalue weighted by atomic mass is 10.3. The molecule has 0 saturated heterocycles. The van der Waals surface area contributed by atoms with Crippen molar-refractivity contribution in [1.82, 2.24) is 5.16 Å². The van der Waals surface area contributed by atoms with Crippen molar-refractivity contribution in [3.63, 3.8) is 0 Å². The molecule has 0 bridgehead atoms. The zero-order valence-electron chi connectivity index (χ0n) is 4.79. The summed E-state index contributed by atoms with van der Waals surface area (Å²) >= 11 is 0. The lowest BCUT2D eigenvalue weighted by Crippen LogP contribution is -2.11. The van der Waals surface area contributed by atoms with E-state index >= 15 is 0 Å². The number of hydrogen-bond acceptors (Lipinski definition) is 3. The Labute approximate surface area is 52.2 Å². The molecule has 0 aromatic carbocycles. The molecule has 1 heterocycles. The van der Waals surface area contributed by atoms with E-state index in [9.17, 15) is 0 Å². The average Bonchev–Trinajstić information content (AvgIpc) is 2.15. The quantitative estimate of drug-likeness (QED) is 0.436. The van der Waals surface area contributed by atoms with Crippen LogP contribution >= 0.6 is 0 Å². The summed E-state index contributed by atoms with van der Waals surface area (Å²) in [6, 6.07) is 1.68. The van der Waals surface area contributed by atoms with Crippen LogP contribution in [0.3, 0.4) is 0 Å².